The van der Waals surface area contributed by atoms with Crippen LogP contribution < -0.4 is 5.84 Å². The second kappa shape index (κ2) is 5.79. The van der Waals surface area contributed by atoms with Gasteiger partial charge in [0.2, 0.25) is 5.16 Å². The number of nitrogen functional groups attached to an aromatic ring is 1. The summed E-state index contributed by atoms with van der Waals surface area (Å²) in [4.78, 5) is 12.5. The Kier molecular flexibility index (Phi) is 4.37. The second-order valence-corrected chi connectivity index (χ2v) is 7.35. The molecule has 0 fully saturated rings. The lowest BCUT2D eigenvalue weighted by Crippen LogP contribution is -2.24. The number of ketones is 1. The van der Waals surface area contributed by atoms with Crippen LogP contribution >= 0.6 is 11.8 Å². The van der Waals surface area contributed by atoms with Gasteiger partial charge in [0, 0.05) is 22.5 Å². The van der Waals surface area contributed by atoms with Gasteiger partial charge in [-0.05, 0) is 47.6 Å². The van der Waals surface area contributed by atoms with Gasteiger partial charge in [-0.2, -0.15) is 0 Å². The molecule has 6 nitrogen and oxygen atoms in total. The zero-order valence-electron chi connectivity index (χ0n) is 14.0. The van der Waals surface area contributed by atoms with Crippen molar-refractivity contribution in [1.82, 2.24) is 19.4 Å². The number of thioether (sulfide) groups is 1. The van der Waals surface area contributed by atoms with E-state index >= 15 is 0 Å². The number of nitrogens with zero attached hydrogens (tertiary/aromatic N) is 4. The fourth-order valence-electron chi connectivity index (χ4n) is 2.73. The summed E-state index contributed by atoms with van der Waals surface area (Å²) >= 11 is 1.31. The normalized spacial score (nSPS) is 11.9. The third kappa shape index (κ3) is 3.04. The van der Waals surface area contributed by atoms with Crippen LogP contribution in [0.4, 0.5) is 0 Å². The number of aryl methyl sites for hydroxylation is 2. The Morgan fingerprint density at radius 3 is 2.36 bits per heavy atom. The van der Waals surface area contributed by atoms with Gasteiger partial charge in [0.1, 0.15) is 5.82 Å². The smallest absolute Gasteiger partial charge is 0.210 e. The molecule has 0 amide bonds. The second-order valence-electron chi connectivity index (χ2n) is 6.40. The van der Waals surface area contributed by atoms with Crippen LogP contribution in [0.1, 0.15) is 48.3 Å². The van der Waals surface area contributed by atoms with Crippen LogP contribution in [-0.4, -0.2) is 31.0 Å². The van der Waals surface area contributed by atoms with E-state index in [0.29, 0.717) is 16.7 Å². The third-order valence-electron chi connectivity index (χ3n) is 3.57. The van der Waals surface area contributed by atoms with Crippen molar-refractivity contribution < 1.29 is 4.79 Å². The molecule has 2 N–H and O–H groups in total. The summed E-state index contributed by atoms with van der Waals surface area (Å²) in [5.41, 5.74) is 2.81. The molecule has 2 heterocycles. The van der Waals surface area contributed by atoms with Crippen molar-refractivity contribution in [2.24, 2.45) is 0 Å². The van der Waals surface area contributed by atoms with Crippen LogP contribution in [0.15, 0.2) is 11.2 Å². The highest BCUT2D eigenvalue weighted by atomic mass is 32.2. The van der Waals surface area contributed by atoms with E-state index in [1.807, 2.05) is 19.9 Å². The number of carbonyl (C=O) groups is 1. The first kappa shape index (κ1) is 16.6. The van der Waals surface area contributed by atoms with Crippen molar-refractivity contribution >= 4 is 17.5 Å². The summed E-state index contributed by atoms with van der Waals surface area (Å²) in [5, 5.41) is 8.40. The molecule has 0 saturated carbocycles. The summed E-state index contributed by atoms with van der Waals surface area (Å²) < 4.78 is 3.59. The first-order chi connectivity index (χ1) is 10.1. The Labute approximate surface area is 135 Å². The van der Waals surface area contributed by atoms with Gasteiger partial charge in [-0.1, -0.05) is 11.8 Å². The summed E-state index contributed by atoms with van der Waals surface area (Å²) in [5.74, 6) is 6.80. The lowest BCUT2D eigenvalue weighted by molar-refractivity contribution is 0.102. The van der Waals surface area contributed by atoms with Crippen LogP contribution in [0.25, 0.3) is 0 Å². The van der Waals surface area contributed by atoms with Crippen LogP contribution in [0.2, 0.25) is 0 Å². The molecule has 0 aliphatic carbocycles. The molecule has 22 heavy (non-hydrogen) atoms. The summed E-state index contributed by atoms with van der Waals surface area (Å²) in [6, 6.07) is 1.96. The van der Waals surface area contributed by atoms with Crippen molar-refractivity contribution in [3.05, 3.63) is 28.8 Å². The molecule has 0 unspecified atom stereocenters. The average molecular weight is 321 g/mol. The Bertz CT molecular complexity index is 708. The topological polar surface area (TPSA) is 78.7 Å². The van der Waals surface area contributed by atoms with E-state index in [1.165, 1.54) is 16.4 Å². The lowest BCUT2D eigenvalue weighted by atomic mass is 10.1. The monoisotopic (exact) mass is 321 g/mol. The van der Waals surface area contributed by atoms with Crippen LogP contribution in [-0.2, 0) is 5.54 Å². The Balaban J connectivity index is 2.19. The molecular formula is C15H23N5OS. The zero-order valence-corrected chi connectivity index (χ0v) is 14.8. The molecule has 0 aliphatic heterocycles. The number of rotatable bonds is 4. The van der Waals surface area contributed by atoms with Crippen molar-refractivity contribution in [3.8, 4) is 0 Å². The van der Waals surface area contributed by atoms with E-state index in [4.69, 9.17) is 5.84 Å². The molecule has 2 aromatic heterocycles. The van der Waals surface area contributed by atoms with E-state index in [2.05, 4.69) is 35.5 Å². The minimum absolute atomic E-state index is 0.0472. The molecule has 0 aromatic carbocycles. The Morgan fingerprint density at radius 2 is 1.91 bits per heavy atom. The zero-order chi connectivity index (χ0) is 16.7. The van der Waals surface area contributed by atoms with E-state index in [-0.39, 0.29) is 11.3 Å². The van der Waals surface area contributed by atoms with Gasteiger partial charge in [-0.3, -0.25) is 4.79 Å². The number of hydrogen-bond donors (Lipinski definition) is 1. The molecule has 0 bridgehead atoms. The highest BCUT2D eigenvalue weighted by Crippen LogP contribution is 2.26. The quantitative estimate of drug-likeness (QED) is 0.531. The van der Waals surface area contributed by atoms with Gasteiger partial charge in [0.05, 0.1) is 5.75 Å². The van der Waals surface area contributed by atoms with Gasteiger partial charge >= 0.3 is 0 Å². The molecule has 7 heteroatoms. The number of nitrogens with two attached hydrogens (primary N) is 1. The maximum atomic E-state index is 12.5. The summed E-state index contributed by atoms with van der Waals surface area (Å²) in [7, 11) is 0. The van der Waals surface area contributed by atoms with Crippen molar-refractivity contribution in [2.45, 2.75) is 52.2 Å². The first-order valence-corrected chi connectivity index (χ1v) is 8.14. The maximum absolute atomic E-state index is 12.5. The Hall–Kier alpha value is -1.76. The van der Waals surface area contributed by atoms with Gasteiger partial charge in [0.25, 0.3) is 0 Å². The predicted molar refractivity (Wildman–Crippen MR) is 88.9 cm³/mol. The molecule has 0 atom stereocenters. The fraction of sp³-hybridized carbons (Fsp3) is 0.533. The molecule has 0 radical (unpaired) electrons. The maximum Gasteiger partial charge on any atom is 0.210 e. The van der Waals surface area contributed by atoms with Crippen molar-refractivity contribution in [3.63, 3.8) is 0 Å². The van der Waals surface area contributed by atoms with Crippen LogP contribution in [0, 0.1) is 20.8 Å². The molecule has 2 aromatic rings. The minimum atomic E-state index is -0.0472. The number of Topliss-reactive ketones (excluding diaryl/α,β-unsaturated/α-hetero) is 1. The third-order valence-corrected chi connectivity index (χ3v) is 4.51. The minimum Gasteiger partial charge on any atom is -0.343 e. The molecule has 2 rings (SSSR count). The lowest BCUT2D eigenvalue weighted by Gasteiger charge is -2.25. The molecular weight excluding hydrogens is 298 g/mol. The summed E-state index contributed by atoms with van der Waals surface area (Å²) in [6.07, 6.45) is 0. The standard InChI is InChI=1S/C15H23N5OS/c1-9-7-12(10(2)19(9)15(4,5)6)13(21)8-22-14-18-17-11(3)20(14)16/h7H,8,16H2,1-6H3. The van der Waals surface area contributed by atoms with Gasteiger partial charge < -0.3 is 10.4 Å². The molecule has 0 spiro atoms. The fourth-order valence-corrected chi connectivity index (χ4v) is 3.52. The number of aromatic nitrogens is 4. The van der Waals surface area contributed by atoms with E-state index in [0.717, 1.165) is 17.0 Å². The van der Waals surface area contributed by atoms with Crippen LogP contribution in [0.5, 0.6) is 0 Å². The predicted octanol–water partition coefficient (Wildman–Crippen LogP) is 2.45. The van der Waals surface area contributed by atoms with Crippen molar-refractivity contribution in [1.29, 1.82) is 0 Å². The van der Waals surface area contributed by atoms with Gasteiger partial charge in [-0.15, -0.1) is 10.2 Å². The number of hydrogen-bond acceptors (Lipinski definition) is 5. The van der Waals surface area contributed by atoms with Crippen LogP contribution in [0.3, 0.4) is 0 Å². The van der Waals surface area contributed by atoms with Gasteiger partial charge in [0.15, 0.2) is 5.78 Å². The van der Waals surface area contributed by atoms with E-state index in [9.17, 15) is 4.79 Å². The summed E-state index contributed by atoms with van der Waals surface area (Å²) in [6.45, 7) is 12.2. The molecule has 120 valence electrons. The molecule has 0 aliphatic rings. The Morgan fingerprint density at radius 1 is 1.27 bits per heavy atom. The number of carbonyl (C=O) groups excluding carboxylic acids is 1. The highest BCUT2D eigenvalue weighted by molar-refractivity contribution is 7.99. The highest BCUT2D eigenvalue weighted by Gasteiger charge is 2.23. The first-order valence-electron chi connectivity index (χ1n) is 7.15. The molecule has 0 saturated heterocycles. The van der Waals surface area contributed by atoms with E-state index < -0.39 is 0 Å². The van der Waals surface area contributed by atoms with E-state index in [1.54, 1.807) is 6.92 Å². The average Bonchev–Trinajstić information content (AvgIpc) is 2.88. The van der Waals surface area contributed by atoms with Gasteiger partial charge in [-0.25, -0.2) is 4.68 Å². The SMILES string of the molecule is Cc1nnc(SCC(=O)c2cc(C)n(C(C)(C)C)c2C)n1N. The largest absolute Gasteiger partial charge is 0.343 e. The van der Waals surface area contributed by atoms with Crippen molar-refractivity contribution in [2.75, 3.05) is 11.6 Å².